The van der Waals surface area contributed by atoms with Crippen molar-refractivity contribution in [2.45, 2.75) is 0 Å². The van der Waals surface area contributed by atoms with Gasteiger partial charge in [-0.25, -0.2) is 4.98 Å². The van der Waals surface area contributed by atoms with Crippen LogP contribution in [0.5, 0.6) is 0 Å². The molecule has 0 aliphatic rings. The third-order valence-corrected chi connectivity index (χ3v) is 9.89. The van der Waals surface area contributed by atoms with Crippen molar-refractivity contribution < 1.29 is 0 Å². The molecule has 0 fully saturated rings. The first-order chi connectivity index (χ1) is 23.8. The summed E-state index contributed by atoms with van der Waals surface area (Å²) in [5.74, 6) is 0. The van der Waals surface area contributed by atoms with Crippen molar-refractivity contribution in [3.63, 3.8) is 0 Å². The van der Waals surface area contributed by atoms with Crippen LogP contribution in [-0.4, -0.2) is 9.97 Å². The van der Waals surface area contributed by atoms with Gasteiger partial charge in [-0.05, 0) is 77.5 Å². The molecule has 0 spiro atoms. The first-order valence-electron chi connectivity index (χ1n) is 16.4. The van der Waals surface area contributed by atoms with Crippen LogP contribution >= 0.6 is 0 Å². The fourth-order valence-corrected chi connectivity index (χ4v) is 7.77. The van der Waals surface area contributed by atoms with Crippen LogP contribution in [0.15, 0.2) is 170 Å². The number of aromatic nitrogens is 2. The molecule has 0 aliphatic carbocycles. The Bertz CT molecular complexity index is 2840. The van der Waals surface area contributed by atoms with Gasteiger partial charge in [0.2, 0.25) is 0 Å². The van der Waals surface area contributed by atoms with Crippen molar-refractivity contribution >= 4 is 64.9 Å². The highest BCUT2D eigenvalue weighted by Gasteiger charge is 2.20. The minimum atomic E-state index is 0.930. The maximum atomic E-state index is 5.23. The quantitative estimate of drug-likeness (QED) is 0.147. The molecular formula is C46H28N2. The lowest BCUT2D eigenvalue weighted by molar-refractivity contribution is 1.37. The first kappa shape index (κ1) is 26.8. The Hall–Kier alpha value is -6.38. The van der Waals surface area contributed by atoms with Crippen molar-refractivity contribution in [3.05, 3.63) is 170 Å². The maximum Gasteiger partial charge on any atom is 0.0972 e. The molecule has 2 heterocycles. The Morgan fingerprint density at radius 2 is 0.771 bits per heavy atom. The van der Waals surface area contributed by atoms with Crippen LogP contribution in [0, 0.1) is 0 Å². The molecule has 0 unspecified atom stereocenters. The Morgan fingerprint density at radius 1 is 0.292 bits per heavy atom. The molecule has 48 heavy (non-hydrogen) atoms. The van der Waals surface area contributed by atoms with Gasteiger partial charge in [0.15, 0.2) is 0 Å². The zero-order chi connectivity index (χ0) is 31.6. The summed E-state index contributed by atoms with van der Waals surface area (Å²) in [4.78, 5) is 9.93. The monoisotopic (exact) mass is 608 g/mol. The number of hydrogen-bond donors (Lipinski definition) is 0. The van der Waals surface area contributed by atoms with E-state index in [0.29, 0.717) is 0 Å². The fourth-order valence-electron chi connectivity index (χ4n) is 7.77. The average Bonchev–Trinajstić information content (AvgIpc) is 3.16. The number of pyridine rings is 2. The third kappa shape index (κ3) is 4.00. The molecule has 2 aromatic heterocycles. The smallest absolute Gasteiger partial charge is 0.0972 e. The predicted molar refractivity (Wildman–Crippen MR) is 203 cm³/mol. The number of fused-ring (bicyclic) bond motifs is 7. The summed E-state index contributed by atoms with van der Waals surface area (Å²) in [6.07, 6.45) is 1.85. The number of nitrogens with zero attached hydrogens (tertiary/aromatic N) is 2. The van der Waals surface area contributed by atoms with Crippen molar-refractivity contribution in [1.82, 2.24) is 9.97 Å². The molecule has 0 atom stereocenters. The summed E-state index contributed by atoms with van der Waals surface area (Å²) in [6.45, 7) is 0. The van der Waals surface area contributed by atoms with Gasteiger partial charge in [-0.3, -0.25) is 4.98 Å². The van der Waals surface area contributed by atoms with Gasteiger partial charge in [0.25, 0.3) is 0 Å². The minimum absolute atomic E-state index is 0.930. The van der Waals surface area contributed by atoms with E-state index in [2.05, 4.69) is 158 Å². The van der Waals surface area contributed by atoms with Gasteiger partial charge in [-0.1, -0.05) is 152 Å². The van der Waals surface area contributed by atoms with Crippen molar-refractivity contribution in [3.8, 4) is 33.5 Å². The van der Waals surface area contributed by atoms with E-state index in [1.165, 1.54) is 65.3 Å². The van der Waals surface area contributed by atoms with Crippen LogP contribution in [0.4, 0.5) is 0 Å². The third-order valence-electron chi connectivity index (χ3n) is 9.89. The van der Waals surface area contributed by atoms with Crippen molar-refractivity contribution in [1.29, 1.82) is 0 Å². The predicted octanol–water partition coefficient (Wildman–Crippen LogP) is 12.4. The van der Waals surface area contributed by atoms with Gasteiger partial charge in [-0.2, -0.15) is 0 Å². The van der Waals surface area contributed by atoms with E-state index in [-0.39, 0.29) is 0 Å². The van der Waals surface area contributed by atoms with E-state index in [9.17, 15) is 0 Å². The molecule has 0 aliphatic heterocycles. The Kier molecular flexibility index (Phi) is 5.91. The SMILES string of the molecule is c1ccc2c(-c3c4ccccc4c(-c4ccc(-c5ccc6ccc7cccnc7c6n5)c5ccccc45)c4ccccc34)cccc2c1. The highest BCUT2D eigenvalue weighted by atomic mass is 14.8. The maximum absolute atomic E-state index is 5.23. The van der Waals surface area contributed by atoms with Crippen LogP contribution in [0.1, 0.15) is 0 Å². The second-order valence-electron chi connectivity index (χ2n) is 12.5. The zero-order valence-electron chi connectivity index (χ0n) is 26.1. The Morgan fingerprint density at radius 3 is 1.46 bits per heavy atom. The molecule has 2 nitrogen and oxygen atoms in total. The molecule has 0 N–H and O–H groups in total. The van der Waals surface area contributed by atoms with Crippen molar-refractivity contribution in [2.75, 3.05) is 0 Å². The van der Waals surface area contributed by atoms with E-state index in [0.717, 1.165) is 33.1 Å². The molecule has 222 valence electrons. The van der Waals surface area contributed by atoms with E-state index in [4.69, 9.17) is 9.97 Å². The molecule has 0 radical (unpaired) electrons. The molecule has 0 saturated carbocycles. The lowest BCUT2D eigenvalue weighted by Crippen LogP contribution is -1.94. The van der Waals surface area contributed by atoms with E-state index >= 15 is 0 Å². The molecule has 8 aromatic carbocycles. The summed E-state index contributed by atoms with van der Waals surface area (Å²) in [7, 11) is 0. The van der Waals surface area contributed by atoms with Gasteiger partial charge in [0.1, 0.15) is 0 Å². The molecule has 2 heteroatoms. The standard InChI is InChI=1S/C46H28N2/c1-2-14-32-29(11-1)12-9-21-36(32)43-37-17-5-7-19-39(37)44(40-20-8-6-18-38(40)43)41-26-25-35(33-15-3-4-16-34(33)41)42-27-24-31-23-22-30-13-10-28-47-45(30)46(31)48-42/h1-28H. The second kappa shape index (κ2) is 10.6. The van der Waals surface area contributed by atoms with Crippen molar-refractivity contribution in [2.24, 2.45) is 0 Å². The molecule has 0 bridgehead atoms. The zero-order valence-corrected chi connectivity index (χ0v) is 26.1. The largest absolute Gasteiger partial charge is 0.254 e. The summed E-state index contributed by atoms with van der Waals surface area (Å²) < 4.78 is 0. The summed E-state index contributed by atoms with van der Waals surface area (Å²) >= 11 is 0. The highest BCUT2D eigenvalue weighted by Crippen LogP contribution is 2.47. The van der Waals surface area contributed by atoms with Gasteiger partial charge in [0, 0.05) is 22.5 Å². The minimum Gasteiger partial charge on any atom is -0.254 e. The number of benzene rings is 8. The lowest BCUT2D eigenvalue weighted by atomic mass is 9.83. The second-order valence-corrected chi connectivity index (χ2v) is 12.5. The highest BCUT2D eigenvalue weighted by molar-refractivity contribution is 6.25. The Balaban J connectivity index is 1.26. The van der Waals surface area contributed by atoms with E-state index in [1.807, 2.05) is 12.3 Å². The van der Waals surface area contributed by atoms with Gasteiger partial charge < -0.3 is 0 Å². The van der Waals surface area contributed by atoms with Gasteiger partial charge in [-0.15, -0.1) is 0 Å². The summed E-state index contributed by atoms with van der Waals surface area (Å²) in [5, 5.41) is 12.1. The molecule has 10 aromatic rings. The van der Waals surface area contributed by atoms with Crippen LogP contribution < -0.4 is 0 Å². The van der Waals surface area contributed by atoms with Gasteiger partial charge in [0.05, 0.1) is 16.7 Å². The topological polar surface area (TPSA) is 25.8 Å². The van der Waals surface area contributed by atoms with Crippen LogP contribution in [-0.2, 0) is 0 Å². The molecular weight excluding hydrogens is 581 g/mol. The van der Waals surface area contributed by atoms with Crippen LogP contribution in [0.2, 0.25) is 0 Å². The van der Waals surface area contributed by atoms with Gasteiger partial charge >= 0.3 is 0 Å². The number of hydrogen-bond acceptors (Lipinski definition) is 2. The molecule has 0 amide bonds. The fraction of sp³-hybridized carbons (Fsp3) is 0. The normalized spacial score (nSPS) is 11.8. The molecule has 10 rings (SSSR count). The number of rotatable bonds is 3. The van der Waals surface area contributed by atoms with E-state index in [1.54, 1.807) is 0 Å². The lowest BCUT2D eigenvalue weighted by Gasteiger charge is -2.20. The van der Waals surface area contributed by atoms with E-state index < -0.39 is 0 Å². The van der Waals surface area contributed by atoms with Crippen LogP contribution in [0.25, 0.3) is 98.4 Å². The summed E-state index contributed by atoms with van der Waals surface area (Å²) in [5.41, 5.74) is 8.95. The summed E-state index contributed by atoms with van der Waals surface area (Å²) in [6, 6.07) is 59.2. The van der Waals surface area contributed by atoms with Crippen LogP contribution in [0.3, 0.4) is 0 Å². The first-order valence-corrected chi connectivity index (χ1v) is 16.4. The average molecular weight is 609 g/mol. The molecule has 0 saturated heterocycles. The Labute approximate surface area is 277 Å².